The van der Waals surface area contributed by atoms with E-state index in [1.165, 1.54) is 0 Å². The summed E-state index contributed by atoms with van der Waals surface area (Å²) in [5.41, 5.74) is 1.55. The second kappa shape index (κ2) is 10.2. The van der Waals surface area contributed by atoms with Gasteiger partial charge in [-0.3, -0.25) is 10.00 Å². The minimum absolute atomic E-state index is 0.397. The van der Waals surface area contributed by atoms with Gasteiger partial charge >= 0.3 is 6.09 Å². The van der Waals surface area contributed by atoms with Crippen molar-refractivity contribution in [2.24, 2.45) is 7.05 Å². The molecular weight excluding hydrogens is 448 g/mol. The molecule has 0 bridgehead atoms. The average molecular weight is 481 g/mol. The Morgan fingerprint density at radius 2 is 1.83 bits per heavy atom. The summed E-state index contributed by atoms with van der Waals surface area (Å²) in [7, 11) is 3.95. The van der Waals surface area contributed by atoms with E-state index in [0.29, 0.717) is 23.3 Å². The van der Waals surface area contributed by atoms with Crippen LogP contribution >= 0.6 is 0 Å². The van der Waals surface area contributed by atoms with Gasteiger partial charge in [0.15, 0.2) is 0 Å². The van der Waals surface area contributed by atoms with E-state index >= 15 is 0 Å². The largest absolute Gasteiger partial charge is 0.444 e. The number of amides is 1. The van der Waals surface area contributed by atoms with Crippen molar-refractivity contribution >= 4 is 29.1 Å². The van der Waals surface area contributed by atoms with E-state index in [4.69, 9.17) is 9.47 Å². The number of hydrogen-bond donors (Lipinski definition) is 2. The number of aryl methyl sites for hydroxylation is 1. The molecule has 186 valence electrons. The van der Waals surface area contributed by atoms with Crippen molar-refractivity contribution in [3.05, 3.63) is 42.9 Å². The lowest BCUT2D eigenvalue weighted by Gasteiger charge is -2.34. The van der Waals surface area contributed by atoms with Gasteiger partial charge in [-0.1, -0.05) is 6.07 Å². The second-order valence-corrected chi connectivity index (χ2v) is 9.46. The van der Waals surface area contributed by atoms with Crippen LogP contribution in [0.1, 0.15) is 20.8 Å². The maximum atomic E-state index is 12.2. The molecule has 11 nitrogen and oxygen atoms in total. The fourth-order valence-corrected chi connectivity index (χ4v) is 3.54. The Balaban J connectivity index is 1.57. The van der Waals surface area contributed by atoms with E-state index in [9.17, 15) is 4.79 Å². The van der Waals surface area contributed by atoms with Gasteiger partial charge in [0.25, 0.3) is 0 Å². The number of aromatic nitrogens is 4. The van der Waals surface area contributed by atoms with E-state index in [1.54, 1.807) is 35.3 Å². The zero-order chi connectivity index (χ0) is 25.0. The minimum atomic E-state index is -0.589. The van der Waals surface area contributed by atoms with Crippen LogP contribution in [0.3, 0.4) is 0 Å². The van der Waals surface area contributed by atoms with Crippen LogP contribution in [0.5, 0.6) is 11.6 Å². The Morgan fingerprint density at radius 3 is 2.51 bits per heavy atom. The summed E-state index contributed by atoms with van der Waals surface area (Å²) in [5.74, 6) is 1.35. The Labute approximate surface area is 205 Å². The van der Waals surface area contributed by atoms with Gasteiger partial charge < -0.3 is 24.6 Å². The molecule has 1 aliphatic rings. The van der Waals surface area contributed by atoms with Crippen molar-refractivity contribution in [2.45, 2.75) is 26.4 Å². The molecule has 2 N–H and O–H groups in total. The van der Waals surface area contributed by atoms with Crippen molar-refractivity contribution in [1.29, 1.82) is 0 Å². The summed E-state index contributed by atoms with van der Waals surface area (Å²) in [5, 5.41) is 10.1. The Kier molecular flexibility index (Phi) is 7.06. The van der Waals surface area contributed by atoms with Gasteiger partial charge in [0.05, 0.1) is 18.1 Å². The first-order valence-corrected chi connectivity index (χ1v) is 11.5. The van der Waals surface area contributed by atoms with Gasteiger partial charge in [-0.25, -0.2) is 9.78 Å². The van der Waals surface area contributed by atoms with E-state index in [1.807, 2.05) is 40.1 Å². The molecule has 35 heavy (non-hydrogen) atoms. The van der Waals surface area contributed by atoms with Crippen LogP contribution in [-0.4, -0.2) is 69.6 Å². The van der Waals surface area contributed by atoms with Crippen LogP contribution < -0.4 is 20.3 Å². The highest BCUT2D eigenvalue weighted by molar-refractivity contribution is 5.85. The maximum absolute atomic E-state index is 12.2. The van der Waals surface area contributed by atoms with Crippen molar-refractivity contribution in [3.8, 4) is 11.6 Å². The normalized spacial score (nSPS) is 14.5. The average Bonchev–Trinajstić information content (AvgIpc) is 3.18. The molecule has 0 radical (unpaired) electrons. The van der Waals surface area contributed by atoms with Crippen LogP contribution in [0.15, 0.2) is 42.9 Å². The molecule has 3 heterocycles. The molecule has 2 aromatic heterocycles. The molecule has 0 unspecified atom stereocenters. The number of rotatable bonds is 6. The molecule has 0 saturated carbocycles. The van der Waals surface area contributed by atoms with Crippen LogP contribution in [0, 0.1) is 0 Å². The number of carbonyl (C=O) groups excluding carboxylic acids is 1. The first kappa shape index (κ1) is 24.3. The molecule has 1 aliphatic heterocycles. The number of piperazine rings is 1. The number of carbonyl (C=O) groups is 1. The quantitative estimate of drug-likeness (QED) is 0.544. The third-order valence-electron chi connectivity index (χ3n) is 5.23. The lowest BCUT2D eigenvalue weighted by molar-refractivity contribution is 0.0636. The Morgan fingerprint density at radius 1 is 1.06 bits per heavy atom. The first-order valence-electron chi connectivity index (χ1n) is 11.5. The highest BCUT2D eigenvalue weighted by Gasteiger charge is 2.21. The number of anilines is 4. The third-order valence-corrected chi connectivity index (χ3v) is 5.23. The fraction of sp³-hybridized carbons (Fsp3) is 0.417. The lowest BCUT2D eigenvalue weighted by Crippen LogP contribution is -2.44. The first-order chi connectivity index (χ1) is 16.6. The molecule has 0 atom stereocenters. The van der Waals surface area contributed by atoms with Gasteiger partial charge in [0.2, 0.25) is 11.8 Å². The summed E-state index contributed by atoms with van der Waals surface area (Å²) in [6.07, 6.45) is 4.78. The number of nitrogens with one attached hydrogen (secondary N) is 2. The molecule has 1 aromatic carbocycles. The van der Waals surface area contributed by atoms with Gasteiger partial charge in [0.1, 0.15) is 17.0 Å². The van der Waals surface area contributed by atoms with Crippen molar-refractivity contribution in [3.63, 3.8) is 0 Å². The van der Waals surface area contributed by atoms with Crippen molar-refractivity contribution in [2.75, 3.05) is 48.8 Å². The predicted octanol–water partition coefficient (Wildman–Crippen LogP) is 3.84. The van der Waals surface area contributed by atoms with E-state index in [0.717, 1.165) is 37.6 Å². The summed E-state index contributed by atoms with van der Waals surface area (Å²) >= 11 is 0. The Bertz CT molecular complexity index is 1170. The number of nitrogens with zero attached hydrogens (tertiary/aromatic N) is 6. The highest BCUT2D eigenvalue weighted by Crippen LogP contribution is 2.33. The zero-order valence-electron chi connectivity index (χ0n) is 20.8. The van der Waals surface area contributed by atoms with Gasteiger partial charge in [-0.05, 0) is 40.0 Å². The molecule has 0 spiro atoms. The van der Waals surface area contributed by atoms with Gasteiger partial charge in [-0.15, -0.1) is 0 Å². The minimum Gasteiger partial charge on any atom is -0.444 e. The van der Waals surface area contributed by atoms with Crippen LogP contribution in [0.4, 0.5) is 27.8 Å². The Hall–Kier alpha value is -3.86. The van der Waals surface area contributed by atoms with Crippen LogP contribution in [0.2, 0.25) is 0 Å². The standard InChI is InChI=1S/C24H32N8O3/c1-24(2,3)35-23(33)28-17-7-6-8-19(13-17)34-21-20(32-11-9-30(4)10-12-32)15-25-22(29-21)27-18-14-26-31(5)16-18/h6-8,13-16H,9-12H2,1-5H3,(H,28,33)(H,25,27,29). The third kappa shape index (κ3) is 6.82. The molecule has 4 rings (SSSR count). The molecule has 1 saturated heterocycles. The predicted molar refractivity (Wildman–Crippen MR) is 135 cm³/mol. The van der Waals surface area contributed by atoms with Crippen molar-refractivity contribution < 1.29 is 14.3 Å². The summed E-state index contributed by atoms with van der Waals surface area (Å²) in [6.45, 7) is 9.00. The highest BCUT2D eigenvalue weighted by atomic mass is 16.6. The van der Waals surface area contributed by atoms with E-state index in [2.05, 4.69) is 42.5 Å². The smallest absolute Gasteiger partial charge is 0.412 e. The number of likely N-dealkylation sites (N-methyl/N-ethyl adjacent to an activating group) is 1. The molecule has 1 amide bonds. The molecule has 1 fully saturated rings. The lowest BCUT2D eigenvalue weighted by atomic mass is 10.2. The monoisotopic (exact) mass is 480 g/mol. The summed E-state index contributed by atoms with van der Waals surface area (Å²) in [4.78, 5) is 25.8. The number of benzene rings is 1. The fourth-order valence-electron chi connectivity index (χ4n) is 3.54. The van der Waals surface area contributed by atoms with E-state index in [-0.39, 0.29) is 0 Å². The number of ether oxygens (including phenoxy) is 2. The van der Waals surface area contributed by atoms with Crippen molar-refractivity contribution in [1.82, 2.24) is 24.6 Å². The molecule has 3 aromatic rings. The zero-order valence-corrected chi connectivity index (χ0v) is 20.8. The maximum Gasteiger partial charge on any atom is 0.412 e. The van der Waals surface area contributed by atoms with Crippen LogP contribution in [-0.2, 0) is 11.8 Å². The molecular formula is C24H32N8O3. The second-order valence-electron chi connectivity index (χ2n) is 9.46. The summed E-state index contributed by atoms with van der Waals surface area (Å²) in [6, 6.07) is 7.11. The topological polar surface area (TPSA) is 110 Å². The summed E-state index contributed by atoms with van der Waals surface area (Å²) < 4.78 is 13.3. The van der Waals surface area contributed by atoms with E-state index < -0.39 is 11.7 Å². The van der Waals surface area contributed by atoms with Gasteiger partial charge in [-0.2, -0.15) is 10.1 Å². The molecule has 11 heteroatoms. The molecule has 0 aliphatic carbocycles. The SMILES string of the molecule is CN1CCN(c2cnc(Nc3cnn(C)c3)nc2Oc2cccc(NC(=O)OC(C)(C)C)c2)CC1. The number of hydrogen-bond acceptors (Lipinski definition) is 9. The van der Waals surface area contributed by atoms with Crippen LogP contribution in [0.25, 0.3) is 0 Å². The van der Waals surface area contributed by atoms with Gasteiger partial charge in [0, 0.05) is 51.2 Å².